The summed E-state index contributed by atoms with van der Waals surface area (Å²) in [7, 11) is 0. The van der Waals surface area contributed by atoms with Crippen molar-refractivity contribution in [2.24, 2.45) is 41.4 Å². The summed E-state index contributed by atoms with van der Waals surface area (Å²) in [5, 5.41) is 0. The molecule has 3 rings (SSSR count). The minimum Gasteiger partial charge on any atom is -0.0999 e. The van der Waals surface area contributed by atoms with Gasteiger partial charge in [0.15, 0.2) is 0 Å². The quantitative estimate of drug-likeness (QED) is 0.607. The Morgan fingerprint density at radius 3 is 2.24 bits per heavy atom. The highest BCUT2D eigenvalue weighted by molar-refractivity contribution is 5.14. The first kappa shape index (κ1) is 11.8. The molecule has 3 fully saturated rings. The Balaban J connectivity index is 1.86. The SMILES string of the molecule is C=C(C)C1CC2CC1C1C(CC)CC(CC)C21. The molecule has 7 atom stereocenters. The molecule has 0 aromatic rings. The molecular formula is C17H28. The molecule has 17 heavy (non-hydrogen) atoms. The van der Waals surface area contributed by atoms with Crippen LogP contribution in [0.15, 0.2) is 12.2 Å². The standard InChI is InChI=1S/C17H28/c1-5-11-7-12(6-2)17-15-9-13(16(11)17)8-14(15)10(3)4/h11-17H,3,5-9H2,1-2,4H3. The maximum atomic E-state index is 4.26. The van der Waals surface area contributed by atoms with Crippen LogP contribution in [0.25, 0.3) is 0 Å². The second-order valence-electron chi connectivity index (χ2n) is 7.08. The zero-order chi connectivity index (χ0) is 12.2. The summed E-state index contributed by atoms with van der Waals surface area (Å²) in [6, 6.07) is 0. The third-order valence-corrected chi connectivity index (χ3v) is 6.51. The van der Waals surface area contributed by atoms with Crippen LogP contribution in [0.5, 0.6) is 0 Å². The molecule has 96 valence electrons. The maximum absolute atomic E-state index is 4.26. The van der Waals surface area contributed by atoms with Crippen molar-refractivity contribution in [1.29, 1.82) is 0 Å². The first-order chi connectivity index (χ1) is 8.17. The van der Waals surface area contributed by atoms with Crippen LogP contribution in [-0.4, -0.2) is 0 Å². The van der Waals surface area contributed by atoms with Crippen molar-refractivity contribution in [3.8, 4) is 0 Å². The summed E-state index contributed by atoms with van der Waals surface area (Å²) in [5.74, 6) is 7.24. The topological polar surface area (TPSA) is 0 Å². The van der Waals surface area contributed by atoms with Gasteiger partial charge >= 0.3 is 0 Å². The molecule has 0 nitrogen and oxygen atoms in total. The Morgan fingerprint density at radius 1 is 1.00 bits per heavy atom. The number of hydrogen-bond donors (Lipinski definition) is 0. The first-order valence-electron chi connectivity index (χ1n) is 7.82. The summed E-state index contributed by atoms with van der Waals surface area (Å²) < 4.78 is 0. The van der Waals surface area contributed by atoms with E-state index in [1.165, 1.54) is 31.3 Å². The van der Waals surface area contributed by atoms with Gasteiger partial charge in [-0.3, -0.25) is 0 Å². The normalized spacial score (nSPS) is 51.8. The summed E-state index contributed by atoms with van der Waals surface area (Å²) in [5.41, 5.74) is 1.48. The minimum atomic E-state index is 0.880. The zero-order valence-electron chi connectivity index (χ0n) is 11.8. The van der Waals surface area contributed by atoms with Gasteiger partial charge in [0.2, 0.25) is 0 Å². The fraction of sp³-hybridized carbons (Fsp3) is 0.882. The van der Waals surface area contributed by atoms with Gasteiger partial charge in [0.25, 0.3) is 0 Å². The highest BCUT2D eigenvalue weighted by Crippen LogP contribution is 2.66. The Kier molecular flexibility index (Phi) is 2.88. The van der Waals surface area contributed by atoms with Gasteiger partial charge < -0.3 is 0 Å². The molecule has 0 saturated heterocycles. The lowest BCUT2D eigenvalue weighted by atomic mass is 9.69. The van der Waals surface area contributed by atoms with E-state index in [4.69, 9.17) is 0 Å². The summed E-state index contributed by atoms with van der Waals surface area (Å²) in [6.07, 6.45) is 7.41. The summed E-state index contributed by atoms with van der Waals surface area (Å²) in [4.78, 5) is 0. The Hall–Kier alpha value is -0.260. The molecule has 0 aliphatic heterocycles. The number of hydrogen-bond acceptors (Lipinski definition) is 0. The van der Waals surface area contributed by atoms with Gasteiger partial charge in [-0.1, -0.05) is 38.8 Å². The van der Waals surface area contributed by atoms with Crippen molar-refractivity contribution >= 4 is 0 Å². The van der Waals surface area contributed by atoms with Crippen molar-refractivity contribution in [3.05, 3.63) is 12.2 Å². The third kappa shape index (κ3) is 1.55. The molecule has 0 heterocycles. The molecule has 2 bridgehead atoms. The summed E-state index contributed by atoms with van der Waals surface area (Å²) in [6.45, 7) is 11.4. The average molecular weight is 232 g/mol. The van der Waals surface area contributed by atoms with Crippen molar-refractivity contribution < 1.29 is 0 Å². The van der Waals surface area contributed by atoms with Crippen molar-refractivity contribution in [1.82, 2.24) is 0 Å². The lowest BCUT2D eigenvalue weighted by Crippen LogP contribution is -2.30. The second-order valence-corrected chi connectivity index (χ2v) is 7.08. The molecule has 3 aliphatic rings. The molecule has 0 aromatic heterocycles. The van der Waals surface area contributed by atoms with Crippen molar-refractivity contribution in [2.45, 2.75) is 52.9 Å². The van der Waals surface area contributed by atoms with Gasteiger partial charge in [-0.2, -0.15) is 0 Å². The Morgan fingerprint density at radius 2 is 1.65 bits per heavy atom. The van der Waals surface area contributed by atoms with Crippen LogP contribution in [0.2, 0.25) is 0 Å². The number of rotatable bonds is 3. The Bertz CT molecular complexity index is 316. The van der Waals surface area contributed by atoms with Gasteiger partial charge in [0.1, 0.15) is 0 Å². The van der Waals surface area contributed by atoms with E-state index in [-0.39, 0.29) is 0 Å². The average Bonchev–Trinajstić information content (AvgIpc) is 2.98. The van der Waals surface area contributed by atoms with Gasteiger partial charge in [0.05, 0.1) is 0 Å². The van der Waals surface area contributed by atoms with Crippen LogP contribution < -0.4 is 0 Å². The van der Waals surface area contributed by atoms with Crippen LogP contribution in [0.3, 0.4) is 0 Å². The fourth-order valence-corrected chi connectivity index (χ4v) is 5.96. The smallest absolute Gasteiger partial charge is 0.0175 e. The molecule has 0 aromatic carbocycles. The van der Waals surface area contributed by atoms with Crippen molar-refractivity contribution in [2.75, 3.05) is 0 Å². The molecule has 0 amide bonds. The van der Waals surface area contributed by atoms with Gasteiger partial charge in [0, 0.05) is 0 Å². The summed E-state index contributed by atoms with van der Waals surface area (Å²) >= 11 is 0. The lowest BCUT2D eigenvalue weighted by Gasteiger charge is -2.36. The minimum absolute atomic E-state index is 0.880. The van der Waals surface area contributed by atoms with Gasteiger partial charge in [-0.25, -0.2) is 0 Å². The van der Waals surface area contributed by atoms with Crippen molar-refractivity contribution in [3.63, 3.8) is 0 Å². The second kappa shape index (κ2) is 4.14. The molecule has 3 aliphatic carbocycles. The highest BCUT2D eigenvalue weighted by Gasteiger charge is 2.59. The van der Waals surface area contributed by atoms with Crippen LogP contribution in [0.4, 0.5) is 0 Å². The van der Waals surface area contributed by atoms with E-state index in [1.54, 1.807) is 6.42 Å². The van der Waals surface area contributed by atoms with E-state index >= 15 is 0 Å². The predicted molar refractivity (Wildman–Crippen MR) is 73.7 cm³/mol. The molecule has 0 spiro atoms. The van der Waals surface area contributed by atoms with Gasteiger partial charge in [-0.05, 0) is 67.6 Å². The molecular weight excluding hydrogens is 204 g/mol. The molecule has 3 saturated carbocycles. The van der Waals surface area contributed by atoms with E-state index in [1.807, 2.05) is 0 Å². The van der Waals surface area contributed by atoms with E-state index < -0.39 is 0 Å². The largest absolute Gasteiger partial charge is 0.0999 e. The van der Waals surface area contributed by atoms with E-state index in [0.29, 0.717) is 0 Å². The lowest BCUT2D eigenvalue weighted by molar-refractivity contribution is 0.149. The monoisotopic (exact) mass is 232 g/mol. The number of allylic oxidation sites excluding steroid dienone is 1. The van der Waals surface area contributed by atoms with E-state index in [9.17, 15) is 0 Å². The third-order valence-electron chi connectivity index (χ3n) is 6.51. The first-order valence-corrected chi connectivity index (χ1v) is 7.82. The van der Waals surface area contributed by atoms with E-state index in [2.05, 4.69) is 27.4 Å². The zero-order valence-corrected chi connectivity index (χ0v) is 11.8. The van der Waals surface area contributed by atoms with Crippen LogP contribution >= 0.6 is 0 Å². The Labute approximate surface area is 107 Å². The van der Waals surface area contributed by atoms with Gasteiger partial charge in [-0.15, -0.1) is 0 Å². The number of fused-ring (bicyclic) bond motifs is 5. The van der Waals surface area contributed by atoms with Crippen LogP contribution in [0, 0.1) is 41.4 Å². The fourth-order valence-electron chi connectivity index (χ4n) is 5.96. The maximum Gasteiger partial charge on any atom is -0.0175 e. The van der Waals surface area contributed by atoms with E-state index in [0.717, 1.165) is 41.4 Å². The molecule has 0 radical (unpaired) electrons. The van der Waals surface area contributed by atoms with Crippen LogP contribution in [-0.2, 0) is 0 Å². The molecule has 0 heteroatoms. The van der Waals surface area contributed by atoms with Crippen LogP contribution in [0.1, 0.15) is 52.9 Å². The molecule has 7 unspecified atom stereocenters. The highest BCUT2D eigenvalue weighted by atomic mass is 14.6. The predicted octanol–water partition coefficient (Wildman–Crippen LogP) is 4.91. The molecule has 0 N–H and O–H groups in total.